The minimum atomic E-state index is 0.785. The minimum absolute atomic E-state index is 0.785. The molecule has 0 aliphatic carbocycles. The second kappa shape index (κ2) is 6.85. The summed E-state index contributed by atoms with van der Waals surface area (Å²) < 4.78 is 1.06. The Morgan fingerprint density at radius 1 is 1.09 bits per heavy atom. The molecule has 0 saturated heterocycles. The molecule has 110 valence electrons. The summed E-state index contributed by atoms with van der Waals surface area (Å²) in [7, 11) is 0. The normalized spacial score (nSPS) is 11.5. The molecule has 1 aromatic heterocycles. The Balaban J connectivity index is 1.73. The predicted molar refractivity (Wildman–Crippen MR) is 97.5 cm³/mol. The first-order valence-electron chi connectivity index (χ1n) is 6.79. The number of nitrogens with zero attached hydrogens (tertiary/aromatic N) is 2. The molecule has 3 rings (SSSR count). The molecule has 0 fully saturated rings. The summed E-state index contributed by atoms with van der Waals surface area (Å²) in [6.45, 7) is 1.98. The van der Waals surface area contributed by atoms with Gasteiger partial charge in [-0.1, -0.05) is 58.4 Å². The lowest BCUT2D eigenvalue weighted by Gasteiger charge is -2.00. The monoisotopic (exact) mass is 371 g/mol. The van der Waals surface area contributed by atoms with Crippen LogP contribution in [0.15, 0.2) is 69.6 Å². The molecule has 0 unspecified atom stereocenters. The Labute approximate surface area is 141 Å². The van der Waals surface area contributed by atoms with Gasteiger partial charge in [0.2, 0.25) is 5.13 Å². The molecule has 0 atom stereocenters. The van der Waals surface area contributed by atoms with Crippen molar-refractivity contribution in [2.75, 3.05) is 5.43 Å². The molecule has 0 amide bonds. The van der Waals surface area contributed by atoms with Crippen molar-refractivity contribution in [1.29, 1.82) is 0 Å². The molecule has 0 bridgehead atoms. The third-order valence-electron chi connectivity index (χ3n) is 3.15. The van der Waals surface area contributed by atoms with Gasteiger partial charge < -0.3 is 0 Å². The first kappa shape index (κ1) is 14.9. The molecule has 0 spiro atoms. The van der Waals surface area contributed by atoms with Crippen LogP contribution in [0.5, 0.6) is 0 Å². The van der Waals surface area contributed by atoms with E-state index in [2.05, 4.69) is 31.4 Å². The van der Waals surface area contributed by atoms with E-state index in [1.54, 1.807) is 11.3 Å². The van der Waals surface area contributed by atoms with Crippen molar-refractivity contribution in [3.05, 3.63) is 70.0 Å². The van der Waals surface area contributed by atoms with Gasteiger partial charge in [-0.3, -0.25) is 5.43 Å². The van der Waals surface area contributed by atoms with Gasteiger partial charge in [-0.25, -0.2) is 4.98 Å². The van der Waals surface area contributed by atoms with Gasteiger partial charge in [-0.15, -0.1) is 11.3 Å². The fraction of sp³-hybridized carbons (Fsp3) is 0.0588. The van der Waals surface area contributed by atoms with Crippen molar-refractivity contribution in [2.45, 2.75) is 6.92 Å². The lowest BCUT2D eigenvalue weighted by atomic mass is 10.1. The molecule has 3 nitrogen and oxygen atoms in total. The van der Waals surface area contributed by atoms with Crippen LogP contribution in [0.2, 0.25) is 0 Å². The summed E-state index contributed by atoms with van der Waals surface area (Å²) in [5, 5.41) is 7.20. The van der Waals surface area contributed by atoms with Crippen molar-refractivity contribution < 1.29 is 0 Å². The number of hydrogen-bond acceptors (Lipinski definition) is 4. The lowest BCUT2D eigenvalue weighted by Crippen LogP contribution is -1.99. The van der Waals surface area contributed by atoms with E-state index in [0.29, 0.717) is 0 Å². The number of halogens is 1. The van der Waals surface area contributed by atoms with E-state index >= 15 is 0 Å². The maximum Gasteiger partial charge on any atom is 0.203 e. The summed E-state index contributed by atoms with van der Waals surface area (Å²) in [6, 6.07) is 18.2. The van der Waals surface area contributed by atoms with E-state index in [1.807, 2.05) is 66.9 Å². The Bertz CT molecular complexity index is 779. The first-order chi connectivity index (χ1) is 10.7. The smallest absolute Gasteiger partial charge is 0.203 e. The zero-order valence-corrected chi connectivity index (χ0v) is 14.4. The van der Waals surface area contributed by atoms with Crippen LogP contribution in [-0.2, 0) is 0 Å². The molecule has 1 heterocycles. The van der Waals surface area contributed by atoms with Crippen LogP contribution in [0.25, 0.3) is 11.3 Å². The summed E-state index contributed by atoms with van der Waals surface area (Å²) in [4.78, 5) is 4.56. The van der Waals surface area contributed by atoms with E-state index in [-0.39, 0.29) is 0 Å². The number of benzene rings is 2. The molecular weight excluding hydrogens is 358 g/mol. The van der Waals surface area contributed by atoms with Gasteiger partial charge in [0, 0.05) is 15.4 Å². The molecule has 3 aromatic rings. The van der Waals surface area contributed by atoms with E-state index in [1.165, 1.54) is 0 Å². The van der Waals surface area contributed by atoms with E-state index in [4.69, 9.17) is 0 Å². The lowest BCUT2D eigenvalue weighted by molar-refractivity contribution is 1.27. The summed E-state index contributed by atoms with van der Waals surface area (Å²) >= 11 is 4.98. The molecular formula is C17H14BrN3S. The van der Waals surface area contributed by atoms with Gasteiger partial charge in [-0.05, 0) is 24.6 Å². The third-order valence-corrected chi connectivity index (χ3v) is 4.43. The fourth-order valence-electron chi connectivity index (χ4n) is 1.95. The predicted octanol–water partition coefficient (Wildman–Crippen LogP) is 5.41. The van der Waals surface area contributed by atoms with E-state index in [0.717, 1.165) is 32.1 Å². The van der Waals surface area contributed by atoms with Gasteiger partial charge in [0.1, 0.15) is 0 Å². The number of aromatic nitrogens is 1. The Morgan fingerprint density at radius 3 is 2.55 bits per heavy atom. The van der Waals surface area contributed by atoms with Crippen LogP contribution in [0, 0.1) is 0 Å². The average Bonchev–Trinajstić information content (AvgIpc) is 3.03. The maximum atomic E-state index is 4.56. The van der Waals surface area contributed by atoms with E-state index in [9.17, 15) is 0 Å². The number of rotatable bonds is 4. The molecule has 0 saturated carbocycles. The highest BCUT2D eigenvalue weighted by atomic mass is 79.9. The standard InChI is InChI=1S/C17H14BrN3S/c1-12(13-5-3-2-4-6-13)20-21-17-19-16(11-22-17)14-7-9-15(18)10-8-14/h2-11H,1H3,(H,19,21). The van der Waals surface area contributed by atoms with Crippen LogP contribution in [0.3, 0.4) is 0 Å². The SMILES string of the molecule is CC(=NNc1nc(-c2ccc(Br)cc2)cs1)c1ccccc1. The van der Waals surface area contributed by atoms with E-state index < -0.39 is 0 Å². The molecule has 1 N–H and O–H groups in total. The van der Waals surface area contributed by atoms with Crippen molar-refractivity contribution >= 4 is 38.1 Å². The molecule has 0 aliphatic heterocycles. The maximum absolute atomic E-state index is 4.56. The van der Waals surface area contributed by atoms with Crippen LogP contribution in [-0.4, -0.2) is 10.7 Å². The number of thiazole rings is 1. The Kier molecular flexibility index (Phi) is 4.65. The van der Waals surface area contributed by atoms with Crippen LogP contribution in [0.4, 0.5) is 5.13 Å². The van der Waals surface area contributed by atoms with Gasteiger partial charge in [0.15, 0.2) is 0 Å². The van der Waals surface area contributed by atoms with Gasteiger partial charge >= 0.3 is 0 Å². The highest BCUT2D eigenvalue weighted by molar-refractivity contribution is 9.10. The molecule has 0 radical (unpaired) electrons. The van der Waals surface area contributed by atoms with Crippen LogP contribution in [0.1, 0.15) is 12.5 Å². The second-order valence-corrected chi connectivity index (χ2v) is 6.49. The van der Waals surface area contributed by atoms with Crippen LogP contribution >= 0.6 is 27.3 Å². The highest BCUT2D eigenvalue weighted by Gasteiger charge is 2.04. The summed E-state index contributed by atoms with van der Waals surface area (Å²) in [5.41, 5.74) is 7.10. The molecule has 5 heteroatoms. The number of nitrogens with one attached hydrogen (secondary N) is 1. The van der Waals surface area contributed by atoms with Crippen molar-refractivity contribution in [2.24, 2.45) is 5.10 Å². The number of hydrazone groups is 1. The number of anilines is 1. The summed E-state index contributed by atoms with van der Waals surface area (Å²) in [6.07, 6.45) is 0. The zero-order chi connectivity index (χ0) is 15.4. The molecule has 0 aliphatic rings. The Morgan fingerprint density at radius 2 is 1.82 bits per heavy atom. The minimum Gasteiger partial charge on any atom is -0.252 e. The largest absolute Gasteiger partial charge is 0.252 e. The average molecular weight is 372 g/mol. The van der Waals surface area contributed by atoms with Crippen LogP contribution < -0.4 is 5.43 Å². The first-order valence-corrected chi connectivity index (χ1v) is 8.47. The van der Waals surface area contributed by atoms with Gasteiger partial charge in [-0.2, -0.15) is 5.10 Å². The van der Waals surface area contributed by atoms with Crippen molar-refractivity contribution in [3.63, 3.8) is 0 Å². The Hall–Kier alpha value is -1.98. The topological polar surface area (TPSA) is 37.3 Å². The number of hydrogen-bond donors (Lipinski definition) is 1. The molecule has 22 heavy (non-hydrogen) atoms. The highest BCUT2D eigenvalue weighted by Crippen LogP contribution is 2.26. The zero-order valence-electron chi connectivity index (χ0n) is 12.0. The third kappa shape index (κ3) is 3.61. The van der Waals surface area contributed by atoms with Gasteiger partial charge in [0.25, 0.3) is 0 Å². The van der Waals surface area contributed by atoms with Crippen molar-refractivity contribution in [3.8, 4) is 11.3 Å². The second-order valence-electron chi connectivity index (χ2n) is 4.72. The molecule has 2 aromatic carbocycles. The quantitative estimate of drug-likeness (QED) is 0.491. The summed E-state index contributed by atoms with van der Waals surface area (Å²) in [5.74, 6) is 0. The van der Waals surface area contributed by atoms with Crippen molar-refractivity contribution in [1.82, 2.24) is 4.98 Å². The van der Waals surface area contributed by atoms with Gasteiger partial charge in [0.05, 0.1) is 11.4 Å². The fourth-order valence-corrected chi connectivity index (χ4v) is 2.88.